The van der Waals surface area contributed by atoms with Gasteiger partial charge < -0.3 is 9.72 Å². The molecular weight excluding hydrogens is 328 g/mol. The summed E-state index contributed by atoms with van der Waals surface area (Å²) in [6.45, 7) is 2.52. The molecule has 1 saturated carbocycles. The molecule has 2 heterocycles. The van der Waals surface area contributed by atoms with Gasteiger partial charge in [0.05, 0.1) is 12.7 Å². The molecule has 1 unspecified atom stereocenters. The Morgan fingerprint density at radius 3 is 2.77 bits per heavy atom. The van der Waals surface area contributed by atoms with Gasteiger partial charge >= 0.3 is 0 Å². The quantitative estimate of drug-likeness (QED) is 0.762. The zero-order valence-electron chi connectivity index (χ0n) is 15.0. The largest absolute Gasteiger partial charge is 0.372 e. The molecule has 6 nitrogen and oxygen atoms in total. The molecule has 2 aromatic heterocycles. The summed E-state index contributed by atoms with van der Waals surface area (Å²) >= 11 is 0. The summed E-state index contributed by atoms with van der Waals surface area (Å²) in [7, 11) is 0. The second kappa shape index (κ2) is 7.41. The molecular formula is C20H24N4O2. The van der Waals surface area contributed by atoms with Crippen LogP contribution in [0.2, 0.25) is 0 Å². The van der Waals surface area contributed by atoms with Crippen molar-refractivity contribution < 1.29 is 4.74 Å². The maximum atomic E-state index is 12.4. The van der Waals surface area contributed by atoms with Crippen LogP contribution in [-0.4, -0.2) is 25.7 Å². The van der Waals surface area contributed by atoms with E-state index in [1.54, 1.807) is 6.07 Å². The molecule has 1 aromatic carbocycles. The van der Waals surface area contributed by atoms with Gasteiger partial charge in [0, 0.05) is 17.3 Å². The first-order chi connectivity index (χ1) is 12.7. The second-order valence-corrected chi connectivity index (χ2v) is 7.08. The van der Waals surface area contributed by atoms with Crippen molar-refractivity contribution in [2.75, 3.05) is 0 Å². The summed E-state index contributed by atoms with van der Waals surface area (Å²) in [4.78, 5) is 20.0. The molecule has 0 saturated heterocycles. The van der Waals surface area contributed by atoms with Gasteiger partial charge in [-0.2, -0.15) is 9.50 Å². The summed E-state index contributed by atoms with van der Waals surface area (Å²) < 4.78 is 7.34. The number of nitrogens with zero attached hydrogens (tertiary/aromatic N) is 3. The van der Waals surface area contributed by atoms with Crippen LogP contribution in [0.25, 0.3) is 17.2 Å². The van der Waals surface area contributed by atoms with Crippen LogP contribution in [0, 0.1) is 5.92 Å². The fourth-order valence-electron chi connectivity index (χ4n) is 3.68. The van der Waals surface area contributed by atoms with Crippen LogP contribution < -0.4 is 5.56 Å². The van der Waals surface area contributed by atoms with Gasteiger partial charge in [-0.1, -0.05) is 49.6 Å². The summed E-state index contributed by atoms with van der Waals surface area (Å²) in [5.74, 6) is 1.60. The summed E-state index contributed by atoms with van der Waals surface area (Å²) in [6, 6.07) is 11.2. The third-order valence-electron chi connectivity index (χ3n) is 5.23. The van der Waals surface area contributed by atoms with E-state index < -0.39 is 0 Å². The van der Waals surface area contributed by atoms with Crippen LogP contribution in [0.15, 0.2) is 41.2 Å². The minimum Gasteiger partial charge on any atom is -0.372 e. The summed E-state index contributed by atoms with van der Waals surface area (Å²) in [6.07, 6.45) is 6.60. The van der Waals surface area contributed by atoms with Crippen LogP contribution in [0.1, 0.15) is 44.7 Å². The van der Waals surface area contributed by atoms with Crippen molar-refractivity contribution >= 4 is 5.78 Å². The Morgan fingerprint density at radius 2 is 2.00 bits per heavy atom. The molecule has 0 spiro atoms. The Morgan fingerprint density at radius 1 is 1.23 bits per heavy atom. The van der Waals surface area contributed by atoms with Crippen molar-refractivity contribution in [1.82, 2.24) is 19.6 Å². The van der Waals surface area contributed by atoms with Gasteiger partial charge in [0.15, 0.2) is 5.82 Å². The number of nitrogens with one attached hydrogen (secondary N) is 1. The average molecular weight is 352 g/mol. The Kier molecular flexibility index (Phi) is 4.84. The fourth-order valence-corrected chi connectivity index (χ4v) is 3.68. The normalized spacial score (nSPS) is 16.8. The lowest BCUT2D eigenvalue weighted by Crippen LogP contribution is -2.24. The van der Waals surface area contributed by atoms with Crippen LogP contribution in [0.3, 0.4) is 0 Å². The highest BCUT2D eigenvalue weighted by molar-refractivity contribution is 5.56. The van der Waals surface area contributed by atoms with E-state index in [0.717, 1.165) is 11.3 Å². The minimum absolute atomic E-state index is 0.197. The van der Waals surface area contributed by atoms with E-state index in [1.165, 1.54) is 36.6 Å². The first-order valence-electron chi connectivity index (χ1n) is 9.37. The first-order valence-corrected chi connectivity index (χ1v) is 9.37. The molecule has 1 aliphatic rings. The van der Waals surface area contributed by atoms with Crippen LogP contribution in [-0.2, 0) is 11.3 Å². The average Bonchev–Trinajstić information content (AvgIpc) is 3.12. The molecule has 3 aromatic rings. The molecule has 26 heavy (non-hydrogen) atoms. The molecule has 0 aliphatic heterocycles. The number of benzene rings is 1. The van der Waals surface area contributed by atoms with Crippen molar-refractivity contribution in [3.8, 4) is 11.4 Å². The van der Waals surface area contributed by atoms with Gasteiger partial charge in [-0.15, -0.1) is 5.10 Å². The van der Waals surface area contributed by atoms with E-state index in [4.69, 9.17) is 4.74 Å². The van der Waals surface area contributed by atoms with Gasteiger partial charge in [0.1, 0.15) is 0 Å². The lowest BCUT2D eigenvalue weighted by molar-refractivity contribution is 0.000631. The van der Waals surface area contributed by atoms with Gasteiger partial charge in [0.25, 0.3) is 5.56 Å². The van der Waals surface area contributed by atoms with E-state index in [9.17, 15) is 4.79 Å². The SMILES string of the molecule is CC(OCc1cc(=O)n2nc(-c3ccccc3)nc2[nH]1)C1CCCCC1. The van der Waals surface area contributed by atoms with E-state index >= 15 is 0 Å². The van der Waals surface area contributed by atoms with Crippen LogP contribution in [0.5, 0.6) is 0 Å². The Balaban J connectivity index is 1.52. The van der Waals surface area contributed by atoms with Crippen molar-refractivity contribution in [3.05, 3.63) is 52.4 Å². The number of ether oxygens (including phenoxy) is 1. The van der Waals surface area contributed by atoms with E-state index in [-0.39, 0.29) is 11.7 Å². The Bertz CT molecular complexity index is 926. The maximum absolute atomic E-state index is 12.4. The fraction of sp³-hybridized carbons (Fsp3) is 0.450. The topological polar surface area (TPSA) is 72.3 Å². The number of aromatic nitrogens is 4. The second-order valence-electron chi connectivity index (χ2n) is 7.08. The number of H-pyrrole nitrogens is 1. The lowest BCUT2D eigenvalue weighted by Gasteiger charge is -2.27. The van der Waals surface area contributed by atoms with Gasteiger partial charge in [-0.3, -0.25) is 4.79 Å². The highest BCUT2D eigenvalue weighted by Gasteiger charge is 2.20. The molecule has 1 N–H and O–H groups in total. The lowest BCUT2D eigenvalue weighted by atomic mass is 9.86. The monoisotopic (exact) mass is 352 g/mol. The highest BCUT2D eigenvalue weighted by atomic mass is 16.5. The number of rotatable bonds is 5. The Labute approximate surface area is 152 Å². The molecule has 4 rings (SSSR count). The van der Waals surface area contributed by atoms with Crippen LogP contribution >= 0.6 is 0 Å². The van der Waals surface area contributed by atoms with Crippen molar-refractivity contribution in [2.45, 2.75) is 51.7 Å². The standard InChI is InChI=1S/C20H24N4O2/c1-14(15-8-4-2-5-9-15)26-13-17-12-18(25)24-20(21-17)22-19(23-24)16-10-6-3-7-11-16/h3,6-7,10-12,14-15H,2,4-5,8-9,13H2,1H3,(H,21,22,23). The highest BCUT2D eigenvalue weighted by Crippen LogP contribution is 2.28. The molecule has 0 bridgehead atoms. The van der Waals surface area contributed by atoms with Crippen molar-refractivity contribution in [2.24, 2.45) is 5.92 Å². The molecule has 0 amide bonds. The molecule has 136 valence electrons. The zero-order valence-corrected chi connectivity index (χ0v) is 15.0. The third kappa shape index (κ3) is 3.55. The van der Waals surface area contributed by atoms with Gasteiger partial charge in [0.2, 0.25) is 5.78 Å². The van der Waals surface area contributed by atoms with Gasteiger partial charge in [-0.25, -0.2) is 0 Å². The number of hydrogen-bond donors (Lipinski definition) is 1. The summed E-state index contributed by atoms with van der Waals surface area (Å²) in [5.41, 5.74) is 1.42. The number of aromatic amines is 1. The number of hydrogen-bond acceptors (Lipinski definition) is 4. The molecule has 1 aliphatic carbocycles. The maximum Gasteiger partial charge on any atom is 0.275 e. The number of fused-ring (bicyclic) bond motifs is 1. The predicted octanol–water partition coefficient (Wildman–Crippen LogP) is 3.57. The Hall–Kier alpha value is -2.47. The van der Waals surface area contributed by atoms with Crippen LogP contribution in [0.4, 0.5) is 0 Å². The molecule has 6 heteroatoms. The summed E-state index contributed by atoms with van der Waals surface area (Å²) in [5, 5.41) is 4.31. The smallest absolute Gasteiger partial charge is 0.275 e. The minimum atomic E-state index is -0.197. The van der Waals surface area contributed by atoms with Gasteiger partial charge in [-0.05, 0) is 25.7 Å². The predicted molar refractivity (Wildman–Crippen MR) is 99.9 cm³/mol. The van der Waals surface area contributed by atoms with E-state index in [2.05, 4.69) is 22.0 Å². The first kappa shape index (κ1) is 17.0. The van der Waals surface area contributed by atoms with Crippen molar-refractivity contribution in [3.63, 3.8) is 0 Å². The molecule has 0 radical (unpaired) electrons. The van der Waals surface area contributed by atoms with Crippen molar-refractivity contribution in [1.29, 1.82) is 0 Å². The molecule has 1 atom stereocenters. The van der Waals surface area contributed by atoms with E-state index in [1.807, 2.05) is 30.3 Å². The zero-order chi connectivity index (χ0) is 17.9. The van der Waals surface area contributed by atoms with E-state index in [0.29, 0.717) is 24.1 Å². The third-order valence-corrected chi connectivity index (χ3v) is 5.23. The molecule has 1 fully saturated rings.